The Kier molecular flexibility index (Phi) is 3.97. The molecule has 1 aliphatic carbocycles. The first-order valence-corrected chi connectivity index (χ1v) is 7.04. The van der Waals surface area contributed by atoms with Gasteiger partial charge in [0.2, 0.25) is 0 Å². The first-order chi connectivity index (χ1) is 8.49. The Labute approximate surface area is 109 Å². The molecule has 0 aromatic heterocycles. The van der Waals surface area contributed by atoms with Crippen LogP contribution in [0.1, 0.15) is 45.4 Å². The Morgan fingerprint density at radius 2 is 2.06 bits per heavy atom. The number of rotatable bonds is 4. The maximum Gasteiger partial charge on any atom is 0.306 e. The van der Waals surface area contributed by atoms with Gasteiger partial charge in [-0.2, -0.15) is 0 Å². The molecule has 0 radical (unpaired) electrons. The third-order valence-corrected chi connectivity index (χ3v) is 4.59. The molecule has 0 unspecified atom stereocenters. The van der Waals surface area contributed by atoms with E-state index in [4.69, 9.17) is 9.84 Å². The van der Waals surface area contributed by atoms with Gasteiger partial charge in [-0.15, -0.1) is 0 Å². The highest BCUT2D eigenvalue weighted by Crippen LogP contribution is 2.57. The fourth-order valence-electron chi connectivity index (χ4n) is 3.92. The number of hydrogen-bond donors (Lipinski definition) is 1. The standard InChI is InChI=1S/C14H25NO3/c1-3-18-14(9-12(16)17)10-13(11-14)5-4-7-15(2)8-6-13/h3-11H2,1-2H3,(H,16,17). The molecular weight excluding hydrogens is 230 g/mol. The van der Waals surface area contributed by atoms with E-state index in [1.165, 1.54) is 25.8 Å². The monoisotopic (exact) mass is 255 g/mol. The molecule has 1 heterocycles. The highest BCUT2D eigenvalue weighted by molar-refractivity contribution is 5.68. The zero-order valence-electron chi connectivity index (χ0n) is 11.6. The van der Waals surface area contributed by atoms with Crippen molar-refractivity contribution < 1.29 is 14.6 Å². The van der Waals surface area contributed by atoms with Gasteiger partial charge < -0.3 is 14.7 Å². The normalized spacial score (nSPS) is 37.2. The molecule has 1 saturated heterocycles. The van der Waals surface area contributed by atoms with Gasteiger partial charge in [0.15, 0.2) is 0 Å². The first kappa shape index (κ1) is 13.8. The number of aliphatic carboxylic acids is 1. The predicted molar refractivity (Wildman–Crippen MR) is 69.6 cm³/mol. The van der Waals surface area contributed by atoms with Crippen molar-refractivity contribution >= 4 is 5.97 Å². The molecular formula is C14H25NO3. The largest absolute Gasteiger partial charge is 0.481 e. The lowest BCUT2D eigenvalue weighted by molar-refractivity contribution is -0.185. The molecule has 1 N–H and O–H groups in total. The van der Waals surface area contributed by atoms with Crippen LogP contribution in [-0.4, -0.2) is 48.3 Å². The van der Waals surface area contributed by atoms with Gasteiger partial charge in [0.25, 0.3) is 0 Å². The van der Waals surface area contributed by atoms with Crippen molar-refractivity contribution in [1.29, 1.82) is 0 Å². The second-order valence-corrected chi connectivity index (χ2v) is 6.20. The molecule has 0 aromatic rings. The van der Waals surface area contributed by atoms with E-state index >= 15 is 0 Å². The molecule has 1 saturated carbocycles. The Morgan fingerprint density at radius 1 is 1.33 bits per heavy atom. The molecule has 4 nitrogen and oxygen atoms in total. The van der Waals surface area contributed by atoms with Gasteiger partial charge in [-0.3, -0.25) is 4.79 Å². The molecule has 2 fully saturated rings. The summed E-state index contributed by atoms with van der Waals surface area (Å²) < 4.78 is 5.78. The van der Waals surface area contributed by atoms with Gasteiger partial charge in [0.1, 0.15) is 0 Å². The van der Waals surface area contributed by atoms with Crippen LogP contribution >= 0.6 is 0 Å². The van der Waals surface area contributed by atoms with E-state index in [0.717, 1.165) is 19.4 Å². The number of carbonyl (C=O) groups is 1. The van der Waals surface area contributed by atoms with Crippen LogP contribution in [0.5, 0.6) is 0 Å². The Bertz CT molecular complexity index is 310. The molecule has 1 spiro atoms. The van der Waals surface area contributed by atoms with Crippen LogP contribution in [0.4, 0.5) is 0 Å². The molecule has 4 heteroatoms. The lowest BCUT2D eigenvalue weighted by Gasteiger charge is -2.55. The second-order valence-electron chi connectivity index (χ2n) is 6.20. The molecule has 1 aliphatic heterocycles. The fraction of sp³-hybridized carbons (Fsp3) is 0.929. The third-order valence-electron chi connectivity index (χ3n) is 4.59. The average molecular weight is 255 g/mol. The molecule has 2 aliphatic rings. The highest BCUT2D eigenvalue weighted by Gasteiger charge is 2.55. The molecule has 18 heavy (non-hydrogen) atoms. The predicted octanol–water partition coefficient (Wildman–Crippen LogP) is 2.13. The van der Waals surface area contributed by atoms with Crippen molar-refractivity contribution in [2.24, 2.45) is 5.41 Å². The van der Waals surface area contributed by atoms with Gasteiger partial charge in [0, 0.05) is 6.61 Å². The maximum absolute atomic E-state index is 11.0. The lowest BCUT2D eigenvalue weighted by atomic mass is 9.55. The maximum atomic E-state index is 11.0. The third kappa shape index (κ3) is 2.86. The fourth-order valence-corrected chi connectivity index (χ4v) is 3.92. The van der Waals surface area contributed by atoms with Gasteiger partial charge in [-0.25, -0.2) is 0 Å². The molecule has 0 amide bonds. The van der Waals surface area contributed by atoms with Crippen molar-refractivity contribution in [2.45, 2.75) is 51.0 Å². The quantitative estimate of drug-likeness (QED) is 0.836. The first-order valence-electron chi connectivity index (χ1n) is 7.04. The van der Waals surface area contributed by atoms with E-state index < -0.39 is 5.97 Å². The average Bonchev–Trinajstić information content (AvgIpc) is 2.40. The summed E-state index contributed by atoms with van der Waals surface area (Å²) in [5.74, 6) is -0.732. The van der Waals surface area contributed by atoms with Crippen molar-refractivity contribution in [3.05, 3.63) is 0 Å². The van der Waals surface area contributed by atoms with Crippen molar-refractivity contribution in [3.63, 3.8) is 0 Å². The van der Waals surface area contributed by atoms with Crippen LogP contribution in [0.2, 0.25) is 0 Å². The smallest absolute Gasteiger partial charge is 0.306 e. The van der Waals surface area contributed by atoms with E-state index in [9.17, 15) is 4.79 Å². The zero-order valence-corrected chi connectivity index (χ0v) is 11.6. The van der Waals surface area contributed by atoms with Crippen LogP contribution in [0, 0.1) is 5.41 Å². The Hall–Kier alpha value is -0.610. The number of nitrogens with zero attached hydrogens (tertiary/aromatic N) is 1. The summed E-state index contributed by atoms with van der Waals surface area (Å²) >= 11 is 0. The van der Waals surface area contributed by atoms with Crippen LogP contribution in [-0.2, 0) is 9.53 Å². The van der Waals surface area contributed by atoms with Crippen molar-refractivity contribution in [3.8, 4) is 0 Å². The van der Waals surface area contributed by atoms with Crippen LogP contribution in [0.25, 0.3) is 0 Å². The lowest BCUT2D eigenvalue weighted by Crippen LogP contribution is -2.55. The molecule has 0 aromatic carbocycles. The van der Waals surface area contributed by atoms with Crippen molar-refractivity contribution in [1.82, 2.24) is 4.90 Å². The number of hydrogen-bond acceptors (Lipinski definition) is 3. The number of carboxylic acid groups (broad SMARTS) is 1. The minimum Gasteiger partial charge on any atom is -0.481 e. The van der Waals surface area contributed by atoms with Crippen molar-refractivity contribution in [2.75, 3.05) is 26.7 Å². The van der Waals surface area contributed by atoms with Gasteiger partial charge in [-0.1, -0.05) is 0 Å². The molecule has 0 bridgehead atoms. The zero-order chi connectivity index (χ0) is 13.2. The van der Waals surface area contributed by atoms with E-state index in [1.807, 2.05) is 6.92 Å². The molecule has 104 valence electrons. The molecule has 0 atom stereocenters. The van der Waals surface area contributed by atoms with E-state index in [1.54, 1.807) is 0 Å². The summed E-state index contributed by atoms with van der Waals surface area (Å²) in [5, 5.41) is 9.04. The summed E-state index contributed by atoms with van der Waals surface area (Å²) in [7, 11) is 2.17. The topological polar surface area (TPSA) is 49.8 Å². The summed E-state index contributed by atoms with van der Waals surface area (Å²) in [5.41, 5.74) is -0.0150. The summed E-state index contributed by atoms with van der Waals surface area (Å²) in [4.78, 5) is 13.4. The van der Waals surface area contributed by atoms with Gasteiger partial charge in [-0.05, 0) is 64.6 Å². The van der Waals surface area contributed by atoms with Crippen LogP contribution < -0.4 is 0 Å². The van der Waals surface area contributed by atoms with E-state index in [2.05, 4.69) is 11.9 Å². The summed E-state index contributed by atoms with van der Waals surface area (Å²) in [6.07, 6.45) is 5.69. The minimum absolute atomic E-state index is 0.165. The van der Waals surface area contributed by atoms with Gasteiger partial charge in [0.05, 0.1) is 12.0 Å². The summed E-state index contributed by atoms with van der Waals surface area (Å²) in [6.45, 7) is 4.87. The van der Waals surface area contributed by atoms with Crippen LogP contribution in [0.15, 0.2) is 0 Å². The summed E-state index contributed by atoms with van der Waals surface area (Å²) in [6, 6.07) is 0. The van der Waals surface area contributed by atoms with E-state index in [0.29, 0.717) is 12.0 Å². The number of carboxylic acids is 1. The number of ether oxygens (including phenoxy) is 1. The number of likely N-dealkylation sites (tertiary alicyclic amines) is 1. The highest BCUT2D eigenvalue weighted by atomic mass is 16.5. The second kappa shape index (κ2) is 5.17. The SMILES string of the molecule is CCOC1(CC(=O)O)CC2(CCCN(C)CC2)C1. The molecule has 2 rings (SSSR count). The Balaban J connectivity index is 1.97. The Morgan fingerprint density at radius 3 is 2.67 bits per heavy atom. The van der Waals surface area contributed by atoms with Crippen LogP contribution in [0.3, 0.4) is 0 Å². The van der Waals surface area contributed by atoms with E-state index in [-0.39, 0.29) is 12.0 Å². The van der Waals surface area contributed by atoms with Gasteiger partial charge >= 0.3 is 5.97 Å². The minimum atomic E-state index is -0.732.